The lowest BCUT2D eigenvalue weighted by atomic mass is 10.1. The predicted octanol–water partition coefficient (Wildman–Crippen LogP) is 3.06. The van der Waals surface area contributed by atoms with Crippen molar-refractivity contribution in [2.75, 3.05) is 14.2 Å². The summed E-state index contributed by atoms with van der Waals surface area (Å²) >= 11 is 5.78. The van der Waals surface area contributed by atoms with Crippen molar-refractivity contribution in [1.29, 1.82) is 0 Å². The first kappa shape index (κ1) is 19.7. The number of sulfonamides is 1. The lowest BCUT2D eigenvalue weighted by Crippen LogP contribution is -2.18. The Hall–Kier alpha value is -3.04. The molecule has 0 amide bonds. The Morgan fingerprint density at radius 2 is 1.82 bits per heavy atom. The van der Waals surface area contributed by atoms with Crippen LogP contribution in [0.2, 0.25) is 5.02 Å². The quantitative estimate of drug-likeness (QED) is 0.451. The van der Waals surface area contributed by atoms with Crippen LogP contribution in [-0.2, 0) is 10.0 Å². The van der Waals surface area contributed by atoms with Gasteiger partial charge in [-0.25, -0.2) is 4.83 Å². The maximum absolute atomic E-state index is 12.3. The van der Waals surface area contributed by atoms with Crippen molar-refractivity contribution >= 4 is 27.8 Å². The lowest BCUT2D eigenvalue weighted by molar-refractivity contribution is 0.355. The van der Waals surface area contributed by atoms with E-state index >= 15 is 0 Å². The van der Waals surface area contributed by atoms with Gasteiger partial charge in [-0.15, -0.1) is 0 Å². The molecule has 3 aromatic rings. The van der Waals surface area contributed by atoms with E-state index in [1.54, 1.807) is 26.4 Å². The van der Waals surface area contributed by atoms with Crippen molar-refractivity contribution in [2.45, 2.75) is 4.90 Å². The zero-order valence-corrected chi connectivity index (χ0v) is 16.6. The molecule has 0 aliphatic carbocycles. The molecule has 0 radical (unpaired) electrons. The summed E-state index contributed by atoms with van der Waals surface area (Å²) in [6.07, 6.45) is 2.90. The Morgan fingerprint density at radius 3 is 2.50 bits per heavy atom. The number of nitrogens with one attached hydrogen (secondary N) is 2. The van der Waals surface area contributed by atoms with Gasteiger partial charge in [-0.3, -0.25) is 5.10 Å². The fraction of sp³-hybridized carbons (Fsp3) is 0.111. The summed E-state index contributed by atoms with van der Waals surface area (Å²) in [5.41, 5.74) is 2.01. The Bertz CT molecular complexity index is 1100. The third-order valence-electron chi connectivity index (χ3n) is 3.84. The van der Waals surface area contributed by atoms with Crippen molar-refractivity contribution in [1.82, 2.24) is 15.0 Å². The molecule has 1 aromatic heterocycles. The van der Waals surface area contributed by atoms with E-state index in [2.05, 4.69) is 20.1 Å². The molecule has 8 nitrogen and oxygen atoms in total. The lowest BCUT2D eigenvalue weighted by Gasteiger charge is -2.09. The maximum atomic E-state index is 12.3. The number of methoxy groups -OCH3 is 2. The summed E-state index contributed by atoms with van der Waals surface area (Å²) in [5.74, 6) is 1.15. The van der Waals surface area contributed by atoms with Crippen LogP contribution in [0.15, 0.2) is 58.7 Å². The van der Waals surface area contributed by atoms with Crippen molar-refractivity contribution < 1.29 is 17.9 Å². The van der Waals surface area contributed by atoms with Crippen LogP contribution in [0.25, 0.3) is 11.3 Å². The minimum absolute atomic E-state index is 0.0568. The first-order valence-electron chi connectivity index (χ1n) is 8.01. The minimum atomic E-state index is -3.80. The number of nitrogens with zero attached hydrogens (tertiary/aromatic N) is 2. The van der Waals surface area contributed by atoms with Gasteiger partial charge >= 0.3 is 0 Å². The molecule has 0 spiro atoms. The average molecular weight is 421 g/mol. The molecule has 0 bridgehead atoms. The Kier molecular flexibility index (Phi) is 5.86. The number of benzene rings is 2. The van der Waals surface area contributed by atoms with Gasteiger partial charge in [0.1, 0.15) is 0 Å². The standard InChI is InChI=1S/C18H17ClN4O4S/c1-26-16-8-3-12(9-17(16)27-2)18-13(10-20-22-18)11-21-23-28(24,25)15-6-4-14(19)5-7-15/h3-11,23H,1-2H3,(H,20,22)/b21-11-. The molecule has 0 aliphatic heterocycles. The van der Waals surface area contributed by atoms with E-state index in [-0.39, 0.29) is 4.90 Å². The topological polar surface area (TPSA) is 106 Å². The van der Waals surface area contributed by atoms with Crippen LogP contribution in [0.4, 0.5) is 0 Å². The smallest absolute Gasteiger partial charge is 0.276 e. The zero-order chi connectivity index (χ0) is 20.1. The van der Waals surface area contributed by atoms with Crippen molar-refractivity contribution in [2.24, 2.45) is 5.10 Å². The van der Waals surface area contributed by atoms with Crippen LogP contribution in [0.5, 0.6) is 11.5 Å². The van der Waals surface area contributed by atoms with E-state index in [4.69, 9.17) is 21.1 Å². The van der Waals surface area contributed by atoms with E-state index in [0.29, 0.717) is 27.8 Å². The molecule has 3 rings (SSSR count). The molecule has 28 heavy (non-hydrogen) atoms. The van der Waals surface area contributed by atoms with Crippen LogP contribution in [0.3, 0.4) is 0 Å². The van der Waals surface area contributed by atoms with Crippen LogP contribution >= 0.6 is 11.6 Å². The largest absolute Gasteiger partial charge is 0.493 e. The molecule has 0 aliphatic rings. The SMILES string of the molecule is COc1ccc(-c2[nH]ncc2/C=N\NS(=O)(=O)c2ccc(Cl)cc2)cc1OC. The summed E-state index contributed by atoms with van der Waals surface area (Å²) in [4.78, 5) is 2.22. The Morgan fingerprint density at radius 1 is 1.11 bits per heavy atom. The van der Waals surface area contributed by atoms with Gasteiger partial charge in [0, 0.05) is 16.1 Å². The second-order valence-corrected chi connectivity index (χ2v) is 7.67. The van der Waals surface area contributed by atoms with Gasteiger partial charge in [0.05, 0.1) is 37.2 Å². The number of rotatable bonds is 7. The minimum Gasteiger partial charge on any atom is -0.493 e. The molecule has 10 heteroatoms. The number of aromatic nitrogens is 2. The van der Waals surface area contributed by atoms with E-state index in [0.717, 1.165) is 5.56 Å². The molecule has 2 aromatic carbocycles. The number of H-pyrrole nitrogens is 1. The highest BCUT2D eigenvalue weighted by Gasteiger charge is 2.13. The number of aromatic amines is 1. The molecule has 0 unspecified atom stereocenters. The Balaban J connectivity index is 1.82. The highest BCUT2D eigenvalue weighted by Crippen LogP contribution is 2.32. The van der Waals surface area contributed by atoms with E-state index < -0.39 is 10.0 Å². The molecule has 146 valence electrons. The normalized spacial score (nSPS) is 11.5. The zero-order valence-electron chi connectivity index (χ0n) is 15.0. The third-order valence-corrected chi connectivity index (χ3v) is 5.33. The highest BCUT2D eigenvalue weighted by atomic mass is 35.5. The number of ether oxygens (including phenoxy) is 2. The molecule has 1 heterocycles. The van der Waals surface area contributed by atoms with Crippen LogP contribution in [0.1, 0.15) is 5.56 Å². The second kappa shape index (κ2) is 8.32. The van der Waals surface area contributed by atoms with E-state index in [1.165, 1.54) is 36.7 Å². The fourth-order valence-corrected chi connectivity index (χ4v) is 3.37. The van der Waals surface area contributed by atoms with Gasteiger partial charge in [0.2, 0.25) is 0 Å². The number of hydrogen-bond acceptors (Lipinski definition) is 6. The number of hydrazone groups is 1. The summed E-state index contributed by atoms with van der Waals surface area (Å²) in [6.45, 7) is 0. The molecule has 0 saturated carbocycles. The van der Waals surface area contributed by atoms with Crippen LogP contribution in [-0.4, -0.2) is 39.0 Å². The van der Waals surface area contributed by atoms with E-state index in [9.17, 15) is 8.42 Å². The monoisotopic (exact) mass is 420 g/mol. The first-order valence-corrected chi connectivity index (χ1v) is 9.87. The van der Waals surface area contributed by atoms with Crippen molar-refractivity contribution in [3.05, 3.63) is 59.2 Å². The first-order chi connectivity index (χ1) is 13.4. The van der Waals surface area contributed by atoms with E-state index in [1.807, 2.05) is 6.07 Å². The molecule has 2 N–H and O–H groups in total. The third kappa shape index (κ3) is 4.26. The fourth-order valence-electron chi connectivity index (χ4n) is 2.45. The molecular weight excluding hydrogens is 404 g/mol. The van der Waals surface area contributed by atoms with Crippen LogP contribution in [0, 0.1) is 0 Å². The summed E-state index contributed by atoms with van der Waals surface area (Å²) in [7, 11) is -0.703. The van der Waals surface area contributed by atoms with Crippen molar-refractivity contribution in [3.63, 3.8) is 0 Å². The van der Waals surface area contributed by atoms with Gasteiger partial charge < -0.3 is 9.47 Å². The number of hydrogen-bond donors (Lipinski definition) is 2. The van der Waals surface area contributed by atoms with Crippen LogP contribution < -0.4 is 14.3 Å². The predicted molar refractivity (Wildman–Crippen MR) is 106 cm³/mol. The number of halogens is 1. The summed E-state index contributed by atoms with van der Waals surface area (Å²) < 4.78 is 35.1. The highest BCUT2D eigenvalue weighted by molar-refractivity contribution is 7.89. The molecule has 0 saturated heterocycles. The van der Waals surface area contributed by atoms with Gasteiger partial charge in [-0.2, -0.15) is 18.6 Å². The Labute approximate surface area is 167 Å². The summed E-state index contributed by atoms with van der Waals surface area (Å²) in [5, 5.41) is 11.1. The van der Waals surface area contributed by atoms with Gasteiger partial charge in [-0.05, 0) is 42.5 Å². The maximum Gasteiger partial charge on any atom is 0.276 e. The molecular formula is C18H17ClN4O4S. The van der Waals surface area contributed by atoms with Gasteiger partial charge in [0.15, 0.2) is 11.5 Å². The van der Waals surface area contributed by atoms with Gasteiger partial charge in [-0.1, -0.05) is 11.6 Å². The van der Waals surface area contributed by atoms with Crippen molar-refractivity contribution in [3.8, 4) is 22.8 Å². The summed E-state index contributed by atoms with van der Waals surface area (Å²) in [6, 6.07) is 11.1. The second-order valence-electron chi connectivity index (χ2n) is 5.58. The average Bonchev–Trinajstić information content (AvgIpc) is 3.16. The van der Waals surface area contributed by atoms with Gasteiger partial charge in [0.25, 0.3) is 10.0 Å². The molecule has 0 fully saturated rings. The molecule has 0 atom stereocenters.